The Hall–Kier alpha value is -1.45. The second kappa shape index (κ2) is 6.98. The van der Waals surface area contributed by atoms with Crippen LogP contribution in [0.15, 0.2) is 30.8 Å². The van der Waals surface area contributed by atoms with Gasteiger partial charge in [-0.15, -0.1) is 0 Å². The average Bonchev–Trinajstić information content (AvgIpc) is 2.60. The molecule has 0 amide bonds. The fraction of sp³-hybridized carbons (Fsp3) is 0.450. The predicted octanol–water partition coefficient (Wildman–Crippen LogP) is 5.68. The van der Waals surface area contributed by atoms with Crippen molar-refractivity contribution in [2.75, 3.05) is 7.11 Å². The Morgan fingerprint density at radius 1 is 1.26 bits per heavy atom. The molecule has 1 saturated carbocycles. The van der Waals surface area contributed by atoms with Gasteiger partial charge in [0.25, 0.3) is 0 Å². The molecular formula is C20H25NOS. The molecule has 1 fully saturated rings. The van der Waals surface area contributed by atoms with Gasteiger partial charge in [-0.05, 0) is 78.3 Å². The molecule has 3 rings (SSSR count). The van der Waals surface area contributed by atoms with Crippen LogP contribution >= 0.6 is 12.2 Å². The smallest absolute Gasteiger partial charge is 0.106 e. The number of H-pyrrole nitrogens is 1. The van der Waals surface area contributed by atoms with Crippen LogP contribution < -0.4 is 0 Å². The minimum atomic E-state index is 0.433. The van der Waals surface area contributed by atoms with Crippen LogP contribution in [0.25, 0.3) is 16.5 Å². The Morgan fingerprint density at radius 2 is 2.00 bits per heavy atom. The molecule has 1 aliphatic rings. The first-order valence-corrected chi connectivity index (χ1v) is 8.91. The lowest BCUT2D eigenvalue weighted by molar-refractivity contribution is 0.0638. The van der Waals surface area contributed by atoms with E-state index in [1.807, 2.05) is 7.11 Å². The second-order valence-corrected chi connectivity index (χ2v) is 6.92. The molecule has 2 aromatic rings. The largest absolute Gasteiger partial charge is 0.381 e. The minimum absolute atomic E-state index is 0.433. The third-order valence-corrected chi connectivity index (χ3v) is 5.54. The van der Waals surface area contributed by atoms with Gasteiger partial charge in [0.15, 0.2) is 0 Å². The maximum absolute atomic E-state index is 5.48. The summed E-state index contributed by atoms with van der Waals surface area (Å²) >= 11 is 5.40. The topological polar surface area (TPSA) is 25.0 Å². The van der Waals surface area contributed by atoms with Crippen molar-refractivity contribution in [2.45, 2.75) is 45.1 Å². The highest BCUT2D eigenvalue weighted by Crippen LogP contribution is 2.36. The molecule has 2 nitrogen and oxygen atoms in total. The molecule has 0 aliphatic heterocycles. The molecule has 0 atom stereocenters. The van der Waals surface area contributed by atoms with E-state index in [2.05, 4.69) is 42.8 Å². The minimum Gasteiger partial charge on any atom is -0.381 e. The quantitative estimate of drug-likeness (QED) is 0.731. The van der Waals surface area contributed by atoms with E-state index in [9.17, 15) is 0 Å². The van der Waals surface area contributed by atoms with E-state index < -0.39 is 0 Å². The Balaban J connectivity index is 1.86. The monoisotopic (exact) mass is 327 g/mol. The Labute approximate surface area is 143 Å². The van der Waals surface area contributed by atoms with Gasteiger partial charge in [-0.25, -0.2) is 0 Å². The highest BCUT2D eigenvalue weighted by atomic mass is 32.1. The lowest BCUT2D eigenvalue weighted by Gasteiger charge is -2.29. The van der Waals surface area contributed by atoms with E-state index in [1.54, 1.807) is 0 Å². The molecule has 1 aromatic heterocycles. The van der Waals surface area contributed by atoms with Crippen molar-refractivity contribution in [2.24, 2.45) is 5.92 Å². The third kappa shape index (κ3) is 3.41. The number of aromatic nitrogens is 1. The van der Waals surface area contributed by atoms with Crippen LogP contribution in [-0.4, -0.2) is 18.2 Å². The third-order valence-electron chi connectivity index (χ3n) is 5.17. The lowest BCUT2D eigenvalue weighted by Crippen LogP contribution is -2.20. The fourth-order valence-corrected chi connectivity index (χ4v) is 3.91. The summed E-state index contributed by atoms with van der Waals surface area (Å²) in [5.41, 5.74) is 4.83. The molecule has 0 saturated heterocycles. The number of benzene rings is 1. The zero-order valence-electron chi connectivity index (χ0n) is 14.0. The van der Waals surface area contributed by atoms with E-state index in [-0.39, 0.29) is 0 Å². The van der Waals surface area contributed by atoms with Crippen molar-refractivity contribution in [1.82, 2.24) is 4.98 Å². The summed E-state index contributed by atoms with van der Waals surface area (Å²) in [7, 11) is 1.82. The molecule has 0 bridgehead atoms. The van der Waals surface area contributed by atoms with Gasteiger partial charge in [0.05, 0.1) is 6.10 Å². The van der Waals surface area contributed by atoms with E-state index in [4.69, 9.17) is 17.0 Å². The number of nitrogens with one attached hydrogen (secondary N) is 1. The zero-order valence-corrected chi connectivity index (χ0v) is 14.8. The summed E-state index contributed by atoms with van der Waals surface area (Å²) in [6, 6.07) is 8.77. The number of fused-ring (bicyclic) bond motifs is 1. The normalized spacial score (nSPS) is 21.5. The van der Waals surface area contributed by atoms with E-state index in [0.717, 1.165) is 29.4 Å². The predicted molar refractivity (Wildman–Crippen MR) is 100 cm³/mol. The first-order valence-electron chi connectivity index (χ1n) is 8.50. The van der Waals surface area contributed by atoms with Gasteiger partial charge < -0.3 is 9.72 Å². The molecule has 1 aliphatic carbocycles. The van der Waals surface area contributed by atoms with Gasteiger partial charge in [0, 0.05) is 12.6 Å². The highest BCUT2D eigenvalue weighted by molar-refractivity contribution is 7.71. The summed E-state index contributed by atoms with van der Waals surface area (Å²) in [5, 5.41) is 1.22. The molecule has 1 heterocycles. The van der Waals surface area contributed by atoms with Crippen molar-refractivity contribution >= 4 is 28.7 Å². The number of hydrogen-bond acceptors (Lipinski definition) is 2. The standard InChI is InChI=1S/C20H25NOS/c1-4-14-11-17-12-16(7-10-19(17)21-20(14)23)13(2)15-5-8-18(22-3)9-6-15/h7,10-12,15,18H,2,4-6,8-9H2,1,3H3,(H,21,23). The summed E-state index contributed by atoms with van der Waals surface area (Å²) < 4.78 is 6.33. The van der Waals surface area contributed by atoms with E-state index in [0.29, 0.717) is 12.0 Å². The Bertz CT molecular complexity index is 769. The number of aryl methyl sites for hydroxylation is 1. The summed E-state index contributed by atoms with van der Waals surface area (Å²) in [6.07, 6.45) is 6.02. The van der Waals surface area contributed by atoms with Crippen LogP contribution in [0.1, 0.15) is 43.7 Å². The summed E-state index contributed by atoms with van der Waals surface area (Å²) in [5.74, 6) is 0.576. The zero-order chi connectivity index (χ0) is 16.4. The van der Waals surface area contributed by atoms with Crippen LogP contribution in [0.2, 0.25) is 0 Å². The average molecular weight is 327 g/mol. The molecule has 0 unspecified atom stereocenters. The number of ether oxygens (including phenoxy) is 1. The molecule has 3 heteroatoms. The maximum Gasteiger partial charge on any atom is 0.106 e. The van der Waals surface area contributed by atoms with Gasteiger partial charge in [-0.3, -0.25) is 0 Å². The van der Waals surface area contributed by atoms with Crippen molar-refractivity contribution in [1.29, 1.82) is 0 Å². The van der Waals surface area contributed by atoms with Crippen molar-refractivity contribution < 1.29 is 4.74 Å². The molecule has 23 heavy (non-hydrogen) atoms. The highest BCUT2D eigenvalue weighted by Gasteiger charge is 2.23. The fourth-order valence-electron chi connectivity index (χ4n) is 3.60. The summed E-state index contributed by atoms with van der Waals surface area (Å²) in [6.45, 7) is 6.54. The number of allylic oxidation sites excluding steroid dienone is 1. The molecule has 1 N–H and O–H groups in total. The van der Waals surface area contributed by atoms with Crippen LogP contribution in [0.5, 0.6) is 0 Å². The van der Waals surface area contributed by atoms with Crippen LogP contribution in [0, 0.1) is 10.6 Å². The van der Waals surface area contributed by atoms with E-state index in [1.165, 1.54) is 34.9 Å². The van der Waals surface area contributed by atoms with Gasteiger partial charge in [0.2, 0.25) is 0 Å². The van der Waals surface area contributed by atoms with Gasteiger partial charge in [-0.1, -0.05) is 31.8 Å². The van der Waals surface area contributed by atoms with Crippen molar-refractivity contribution in [3.63, 3.8) is 0 Å². The Morgan fingerprint density at radius 3 is 2.65 bits per heavy atom. The maximum atomic E-state index is 5.48. The summed E-state index contributed by atoms with van der Waals surface area (Å²) in [4.78, 5) is 3.34. The second-order valence-electron chi connectivity index (χ2n) is 6.51. The number of rotatable bonds is 4. The molecule has 122 valence electrons. The molecule has 1 aromatic carbocycles. The number of hydrogen-bond donors (Lipinski definition) is 1. The number of methoxy groups -OCH3 is 1. The van der Waals surface area contributed by atoms with Gasteiger partial charge in [-0.2, -0.15) is 0 Å². The van der Waals surface area contributed by atoms with Crippen molar-refractivity contribution in [3.05, 3.63) is 46.6 Å². The molecular weight excluding hydrogens is 302 g/mol. The van der Waals surface area contributed by atoms with Gasteiger partial charge in [0.1, 0.15) is 4.64 Å². The van der Waals surface area contributed by atoms with Crippen molar-refractivity contribution in [3.8, 4) is 0 Å². The van der Waals surface area contributed by atoms with Crippen LogP contribution in [0.3, 0.4) is 0 Å². The number of aromatic amines is 1. The first kappa shape index (κ1) is 16.4. The Kier molecular flexibility index (Phi) is 4.98. The first-order chi connectivity index (χ1) is 11.1. The van der Waals surface area contributed by atoms with Gasteiger partial charge >= 0.3 is 0 Å². The lowest BCUT2D eigenvalue weighted by atomic mass is 9.80. The number of pyridine rings is 1. The molecule has 0 spiro atoms. The van der Waals surface area contributed by atoms with Crippen LogP contribution in [-0.2, 0) is 11.2 Å². The SMILES string of the molecule is C=C(c1ccc2[nH]c(=S)c(CC)cc2c1)C1CCC(OC)CC1. The molecule has 0 radical (unpaired) electrons. The van der Waals surface area contributed by atoms with Crippen LogP contribution in [0.4, 0.5) is 0 Å². The van der Waals surface area contributed by atoms with E-state index >= 15 is 0 Å².